The van der Waals surface area contributed by atoms with Gasteiger partial charge in [0.15, 0.2) is 11.2 Å². The highest BCUT2D eigenvalue weighted by atomic mass is 19.4. The molecule has 3 heterocycles. The number of imidazole rings is 1. The minimum absolute atomic E-state index is 0.0178. The third kappa shape index (κ3) is 3.11. The van der Waals surface area contributed by atoms with E-state index in [-0.39, 0.29) is 35.0 Å². The van der Waals surface area contributed by atoms with Gasteiger partial charge in [0, 0.05) is 19.7 Å². The molecule has 4 rings (SSSR count). The molecule has 29 heavy (non-hydrogen) atoms. The quantitative estimate of drug-likeness (QED) is 0.512. The Morgan fingerprint density at radius 2 is 1.90 bits per heavy atom. The van der Waals surface area contributed by atoms with Crippen molar-refractivity contribution in [3.8, 4) is 11.4 Å². The fourth-order valence-corrected chi connectivity index (χ4v) is 2.93. The molecule has 0 aliphatic heterocycles. The van der Waals surface area contributed by atoms with Crippen LogP contribution in [0.4, 0.5) is 13.2 Å². The van der Waals surface area contributed by atoms with E-state index >= 15 is 0 Å². The molecule has 12 heteroatoms. The molecule has 0 unspecified atom stereocenters. The van der Waals surface area contributed by atoms with Gasteiger partial charge < -0.3 is 9.09 Å². The van der Waals surface area contributed by atoms with Crippen LogP contribution in [-0.2, 0) is 26.8 Å². The second-order valence-corrected chi connectivity index (χ2v) is 6.34. The van der Waals surface area contributed by atoms with Crippen molar-refractivity contribution in [1.29, 1.82) is 0 Å². The molecule has 0 radical (unpaired) electrons. The van der Waals surface area contributed by atoms with E-state index in [1.54, 1.807) is 0 Å². The molecule has 0 amide bonds. The topological polar surface area (TPSA) is 101 Å². The van der Waals surface area contributed by atoms with Gasteiger partial charge in [-0.05, 0) is 12.1 Å². The van der Waals surface area contributed by atoms with Crippen LogP contribution >= 0.6 is 0 Å². The van der Waals surface area contributed by atoms with Gasteiger partial charge in [0.05, 0.1) is 11.9 Å². The zero-order chi connectivity index (χ0) is 20.9. The van der Waals surface area contributed by atoms with E-state index in [2.05, 4.69) is 15.1 Å². The maximum absolute atomic E-state index is 12.9. The summed E-state index contributed by atoms with van der Waals surface area (Å²) in [7, 11) is 2.83. The first-order valence-electron chi connectivity index (χ1n) is 8.28. The second kappa shape index (κ2) is 6.43. The van der Waals surface area contributed by atoms with Gasteiger partial charge >= 0.3 is 11.9 Å². The van der Waals surface area contributed by atoms with Crippen molar-refractivity contribution in [2.24, 2.45) is 14.1 Å². The van der Waals surface area contributed by atoms with Gasteiger partial charge in [-0.3, -0.25) is 13.9 Å². The van der Waals surface area contributed by atoms with Crippen LogP contribution < -0.4 is 11.2 Å². The van der Waals surface area contributed by atoms with Crippen molar-refractivity contribution in [1.82, 2.24) is 28.8 Å². The lowest BCUT2D eigenvalue weighted by Gasteiger charge is -2.06. The van der Waals surface area contributed by atoms with Crippen LogP contribution in [0.5, 0.6) is 0 Å². The molecule has 4 aromatic rings. The summed E-state index contributed by atoms with van der Waals surface area (Å²) >= 11 is 0. The summed E-state index contributed by atoms with van der Waals surface area (Å²) in [6.07, 6.45) is -3.14. The number of aromatic nitrogens is 6. The summed E-state index contributed by atoms with van der Waals surface area (Å²) in [5, 5.41) is 3.72. The first-order valence-corrected chi connectivity index (χ1v) is 8.28. The van der Waals surface area contributed by atoms with E-state index < -0.39 is 23.0 Å². The van der Waals surface area contributed by atoms with E-state index in [4.69, 9.17) is 4.52 Å². The van der Waals surface area contributed by atoms with Gasteiger partial charge in [-0.25, -0.2) is 9.78 Å². The molecule has 0 bridgehead atoms. The standard InChI is InChI=1S/C17H13F3N6O3/c1-24-14-12(15(27)25(2)16(24)28)26(8-21-14)7-11-22-13(23-29-11)9-4-3-5-10(6-9)17(18,19)20/h3-6,8H,7H2,1-2H3. The highest BCUT2D eigenvalue weighted by molar-refractivity contribution is 5.70. The lowest BCUT2D eigenvalue weighted by Crippen LogP contribution is -2.37. The van der Waals surface area contributed by atoms with E-state index in [0.717, 1.165) is 16.7 Å². The lowest BCUT2D eigenvalue weighted by atomic mass is 10.1. The molecule has 9 nitrogen and oxygen atoms in total. The molecule has 0 atom stereocenters. The molecule has 150 valence electrons. The molecule has 0 aliphatic carbocycles. The van der Waals surface area contributed by atoms with Crippen molar-refractivity contribution in [2.75, 3.05) is 0 Å². The minimum Gasteiger partial charge on any atom is -0.337 e. The Bertz CT molecular complexity index is 1350. The fourth-order valence-electron chi connectivity index (χ4n) is 2.93. The normalized spacial score (nSPS) is 12.0. The van der Waals surface area contributed by atoms with Crippen molar-refractivity contribution < 1.29 is 17.7 Å². The largest absolute Gasteiger partial charge is 0.416 e. The first kappa shape index (κ1) is 18.7. The summed E-state index contributed by atoms with van der Waals surface area (Å²) < 4.78 is 47.4. The van der Waals surface area contributed by atoms with Crippen LogP contribution in [0, 0.1) is 0 Å². The highest BCUT2D eigenvalue weighted by Gasteiger charge is 2.30. The van der Waals surface area contributed by atoms with E-state index in [1.807, 2.05) is 0 Å². The minimum atomic E-state index is -4.49. The monoisotopic (exact) mass is 406 g/mol. The van der Waals surface area contributed by atoms with Crippen LogP contribution in [0.25, 0.3) is 22.6 Å². The third-order valence-electron chi connectivity index (χ3n) is 4.44. The number of hydrogen-bond acceptors (Lipinski definition) is 6. The molecular weight excluding hydrogens is 393 g/mol. The van der Waals surface area contributed by atoms with Crippen molar-refractivity contribution in [3.63, 3.8) is 0 Å². The first-order chi connectivity index (χ1) is 13.7. The average Bonchev–Trinajstić information content (AvgIpc) is 3.32. The van der Waals surface area contributed by atoms with E-state index in [0.29, 0.717) is 0 Å². The summed E-state index contributed by atoms with van der Waals surface area (Å²) in [5.74, 6) is 0.0449. The third-order valence-corrected chi connectivity index (χ3v) is 4.44. The Balaban J connectivity index is 1.71. The second-order valence-electron chi connectivity index (χ2n) is 6.34. The number of alkyl halides is 3. The van der Waals surface area contributed by atoms with Crippen molar-refractivity contribution >= 4 is 11.2 Å². The average molecular weight is 406 g/mol. The lowest BCUT2D eigenvalue weighted by molar-refractivity contribution is -0.137. The summed E-state index contributed by atoms with van der Waals surface area (Å²) in [6, 6.07) is 4.55. The molecule has 0 fully saturated rings. The van der Waals surface area contributed by atoms with Crippen molar-refractivity contribution in [2.45, 2.75) is 12.7 Å². The Morgan fingerprint density at radius 3 is 2.62 bits per heavy atom. The Morgan fingerprint density at radius 1 is 1.14 bits per heavy atom. The Kier molecular flexibility index (Phi) is 4.14. The molecule has 0 aliphatic rings. The van der Waals surface area contributed by atoms with Gasteiger partial charge in [0.2, 0.25) is 11.7 Å². The van der Waals surface area contributed by atoms with Crippen LogP contribution in [0.2, 0.25) is 0 Å². The van der Waals surface area contributed by atoms with Crippen LogP contribution in [-0.4, -0.2) is 28.8 Å². The number of nitrogens with zero attached hydrogens (tertiary/aromatic N) is 6. The zero-order valence-corrected chi connectivity index (χ0v) is 15.1. The summed E-state index contributed by atoms with van der Waals surface area (Å²) in [4.78, 5) is 32.6. The van der Waals surface area contributed by atoms with Crippen LogP contribution in [0.3, 0.4) is 0 Å². The Hall–Kier alpha value is -3.70. The number of fused-ring (bicyclic) bond motifs is 1. The number of halogens is 3. The number of rotatable bonds is 3. The summed E-state index contributed by atoms with van der Waals surface area (Å²) in [5.41, 5.74) is -1.39. The predicted octanol–water partition coefficient (Wildman–Crippen LogP) is 1.55. The van der Waals surface area contributed by atoms with Crippen LogP contribution in [0.15, 0.2) is 44.7 Å². The summed E-state index contributed by atoms with van der Waals surface area (Å²) in [6.45, 7) is -0.0457. The van der Waals surface area contributed by atoms with E-state index in [1.165, 1.54) is 41.7 Å². The molecule has 0 saturated carbocycles. The van der Waals surface area contributed by atoms with Gasteiger partial charge in [0.1, 0.15) is 6.54 Å². The van der Waals surface area contributed by atoms with Gasteiger partial charge in [-0.15, -0.1) is 0 Å². The van der Waals surface area contributed by atoms with Gasteiger partial charge in [-0.2, -0.15) is 18.2 Å². The molecule has 0 saturated heterocycles. The molecule has 0 spiro atoms. The molecule has 1 aromatic carbocycles. The van der Waals surface area contributed by atoms with E-state index in [9.17, 15) is 22.8 Å². The fraction of sp³-hybridized carbons (Fsp3) is 0.235. The number of benzene rings is 1. The number of aryl methyl sites for hydroxylation is 1. The molecule has 0 N–H and O–H groups in total. The highest BCUT2D eigenvalue weighted by Crippen LogP contribution is 2.31. The zero-order valence-electron chi connectivity index (χ0n) is 15.1. The SMILES string of the molecule is Cn1c(=O)c2c(ncn2Cc2nc(-c3cccc(C(F)(F)F)c3)no2)n(C)c1=O. The van der Waals surface area contributed by atoms with Gasteiger partial charge in [0.25, 0.3) is 5.56 Å². The maximum Gasteiger partial charge on any atom is 0.416 e. The molecular formula is C17H13F3N6O3. The maximum atomic E-state index is 12.9. The van der Waals surface area contributed by atoms with Crippen LogP contribution in [0.1, 0.15) is 11.5 Å². The van der Waals surface area contributed by atoms with Gasteiger partial charge in [-0.1, -0.05) is 17.3 Å². The number of hydrogen-bond donors (Lipinski definition) is 0. The smallest absolute Gasteiger partial charge is 0.337 e. The van der Waals surface area contributed by atoms with Crippen molar-refractivity contribution in [3.05, 3.63) is 62.9 Å². The Labute approximate surface area is 159 Å². The molecule has 3 aromatic heterocycles. The predicted molar refractivity (Wildman–Crippen MR) is 94.1 cm³/mol.